The second-order valence-electron chi connectivity index (χ2n) is 3.83. The van der Waals surface area contributed by atoms with E-state index in [2.05, 4.69) is 0 Å². The van der Waals surface area contributed by atoms with E-state index in [1.807, 2.05) is 6.07 Å². The molecule has 0 heterocycles. The molecular formula is C15H10FNO2. The fraction of sp³-hybridized carbons (Fsp3) is 0.0667. The second kappa shape index (κ2) is 5.78. The molecule has 94 valence electrons. The van der Waals surface area contributed by atoms with E-state index in [4.69, 9.17) is 10.00 Å². The summed E-state index contributed by atoms with van der Waals surface area (Å²) in [6.45, 7) is 0. The van der Waals surface area contributed by atoms with Crippen molar-refractivity contribution in [3.63, 3.8) is 0 Å². The first kappa shape index (κ1) is 12.8. The molecule has 4 heteroatoms. The molecule has 2 aromatic rings. The SMILES string of the molecule is N#C[C@@H](OC(=O)c1ccccc1)c1ccc(F)cc1. The Morgan fingerprint density at radius 1 is 1.11 bits per heavy atom. The van der Waals surface area contributed by atoms with Gasteiger partial charge in [-0.25, -0.2) is 9.18 Å². The number of carbonyl (C=O) groups excluding carboxylic acids is 1. The zero-order valence-electron chi connectivity index (χ0n) is 9.92. The van der Waals surface area contributed by atoms with Crippen molar-refractivity contribution in [2.24, 2.45) is 0 Å². The molecule has 0 saturated carbocycles. The smallest absolute Gasteiger partial charge is 0.339 e. The van der Waals surface area contributed by atoms with Crippen LogP contribution in [0.2, 0.25) is 0 Å². The molecular weight excluding hydrogens is 245 g/mol. The molecule has 0 unspecified atom stereocenters. The predicted molar refractivity (Wildman–Crippen MR) is 66.6 cm³/mol. The standard InChI is InChI=1S/C15H10FNO2/c16-13-8-6-11(7-9-13)14(10-17)19-15(18)12-4-2-1-3-5-12/h1-9,14H/t14-/m1/s1. The van der Waals surface area contributed by atoms with E-state index in [1.165, 1.54) is 24.3 Å². The minimum Gasteiger partial charge on any atom is -0.438 e. The molecule has 1 atom stereocenters. The van der Waals surface area contributed by atoms with E-state index in [0.29, 0.717) is 11.1 Å². The molecule has 0 spiro atoms. The van der Waals surface area contributed by atoms with Crippen molar-refractivity contribution < 1.29 is 13.9 Å². The molecule has 0 aromatic heterocycles. The maximum absolute atomic E-state index is 12.8. The summed E-state index contributed by atoms with van der Waals surface area (Å²) in [5.74, 6) is -0.994. The number of ether oxygens (including phenoxy) is 1. The van der Waals surface area contributed by atoms with Gasteiger partial charge in [-0.1, -0.05) is 30.3 Å². The van der Waals surface area contributed by atoms with Crippen molar-refractivity contribution in [1.29, 1.82) is 5.26 Å². The largest absolute Gasteiger partial charge is 0.438 e. The molecule has 0 N–H and O–H groups in total. The number of rotatable bonds is 3. The lowest BCUT2D eigenvalue weighted by atomic mass is 10.1. The third kappa shape index (κ3) is 3.17. The minimum atomic E-state index is -1.05. The average Bonchev–Trinajstić information content (AvgIpc) is 2.46. The molecule has 0 radical (unpaired) electrons. The van der Waals surface area contributed by atoms with Crippen LogP contribution in [-0.2, 0) is 4.74 Å². The molecule has 0 aliphatic carbocycles. The van der Waals surface area contributed by atoms with Gasteiger partial charge in [0.05, 0.1) is 5.56 Å². The fourth-order valence-corrected chi connectivity index (χ4v) is 1.56. The van der Waals surface area contributed by atoms with Crippen LogP contribution in [0, 0.1) is 17.1 Å². The highest BCUT2D eigenvalue weighted by atomic mass is 19.1. The first-order valence-electron chi connectivity index (χ1n) is 5.62. The molecule has 19 heavy (non-hydrogen) atoms. The van der Waals surface area contributed by atoms with Crippen molar-refractivity contribution in [3.8, 4) is 6.07 Å². The van der Waals surface area contributed by atoms with Crippen LogP contribution in [0.3, 0.4) is 0 Å². The Bertz CT molecular complexity index is 602. The summed E-state index contributed by atoms with van der Waals surface area (Å²) in [7, 11) is 0. The summed E-state index contributed by atoms with van der Waals surface area (Å²) in [6.07, 6.45) is -1.05. The Labute approximate surface area is 109 Å². The van der Waals surface area contributed by atoms with Crippen LogP contribution in [0.4, 0.5) is 4.39 Å². The highest BCUT2D eigenvalue weighted by Crippen LogP contribution is 2.18. The molecule has 0 saturated heterocycles. The highest BCUT2D eigenvalue weighted by molar-refractivity contribution is 5.89. The molecule has 0 aliphatic heterocycles. The number of hydrogen-bond acceptors (Lipinski definition) is 3. The number of benzene rings is 2. The number of nitriles is 1. The molecule has 0 aliphatic rings. The van der Waals surface area contributed by atoms with Gasteiger partial charge in [0, 0.05) is 5.56 Å². The maximum Gasteiger partial charge on any atom is 0.339 e. The Morgan fingerprint density at radius 2 is 1.74 bits per heavy atom. The zero-order chi connectivity index (χ0) is 13.7. The van der Waals surface area contributed by atoms with Crippen LogP contribution in [0.1, 0.15) is 22.0 Å². The van der Waals surface area contributed by atoms with Crippen LogP contribution in [0.5, 0.6) is 0 Å². The van der Waals surface area contributed by atoms with Crippen molar-refractivity contribution in [3.05, 3.63) is 71.5 Å². The number of hydrogen-bond donors (Lipinski definition) is 0. The van der Waals surface area contributed by atoms with Crippen molar-refractivity contribution in [2.45, 2.75) is 6.10 Å². The van der Waals surface area contributed by atoms with Crippen molar-refractivity contribution in [1.82, 2.24) is 0 Å². The quantitative estimate of drug-likeness (QED) is 0.791. The molecule has 0 amide bonds. The number of halogens is 1. The first-order valence-corrected chi connectivity index (χ1v) is 5.62. The lowest BCUT2D eigenvalue weighted by Gasteiger charge is -2.11. The van der Waals surface area contributed by atoms with Crippen LogP contribution >= 0.6 is 0 Å². The van der Waals surface area contributed by atoms with Gasteiger partial charge < -0.3 is 4.74 Å². The summed E-state index contributed by atoms with van der Waals surface area (Å²) in [4.78, 5) is 11.8. The van der Waals surface area contributed by atoms with Crippen molar-refractivity contribution in [2.75, 3.05) is 0 Å². The summed E-state index contributed by atoms with van der Waals surface area (Å²) in [6, 6.07) is 15.5. The van der Waals surface area contributed by atoms with E-state index in [9.17, 15) is 9.18 Å². The summed E-state index contributed by atoms with van der Waals surface area (Å²) in [5.41, 5.74) is 0.804. The number of nitrogens with zero attached hydrogens (tertiary/aromatic N) is 1. The van der Waals surface area contributed by atoms with Crippen LogP contribution in [-0.4, -0.2) is 5.97 Å². The first-order chi connectivity index (χ1) is 9.20. The zero-order valence-corrected chi connectivity index (χ0v) is 9.92. The third-order valence-corrected chi connectivity index (χ3v) is 2.52. The van der Waals surface area contributed by atoms with E-state index in [1.54, 1.807) is 30.3 Å². The fourth-order valence-electron chi connectivity index (χ4n) is 1.56. The monoisotopic (exact) mass is 255 g/mol. The topological polar surface area (TPSA) is 50.1 Å². The van der Waals surface area contributed by atoms with Gasteiger partial charge in [-0.05, 0) is 24.3 Å². The molecule has 2 rings (SSSR count). The average molecular weight is 255 g/mol. The highest BCUT2D eigenvalue weighted by Gasteiger charge is 2.17. The van der Waals surface area contributed by atoms with Crippen molar-refractivity contribution >= 4 is 5.97 Å². The summed E-state index contributed by atoms with van der Waals surface area (Å²) >= 11 is 0. The molecule has 2 aromatic carbocycles. The maximum atomic E-state index is 12.8. The number of esters is 1. The Kier molecular flexibility index (Phi) is 3.89. The Morgan fingerprint density at radius 3 is 2.32 bits per heavy atom. The van der Waals surface area contributed by atoms with E-state index < -0.39 is 17.9 Å². The lowest BCUT2D eigenvalue weighted by molar-refractivity contribution is 0.0404. The van der Waals surface area contributed by atoms with Crippen LogP contribution < -0.4 is 0 Å². The Balaban J connectivity index is 2.14. The van der Waals surface area contributed by atoms with E-state index in [-0.39, 0.29) is 0 Å². The molecule has 3 nitrogen and oxygen atoms in total. The van der Waals surface area contributed by atoms with Gasteiger partial charge in [-0.3, -0.25) is 0 Å². The second-order valence-corrected chi connectivity index (χ2v) is 3.83. The third-order valence-electron chi connectivity index (χ3n) is 2.52. The minimum absolute atomic E-state index is 0.366. The van der Waals surface area contributed by atoms with Gasteiger partial charge >= 0.3 is 5.97 Å². The van der Waals surface area contributed by atoms with Gasteiger partial charge in [0.25, 0.3) is 0 Å². The van der Waals surface area contributed by atoms with Gasteiger partial charge in [0.1, 0.15) is 11.9 Å². The van der Waals surface area contributed by atoms with Crippen LogP contribution in [0.25, 0.3) is 0 Å². The molecule has 0 fully saturated rings. The van der Waals surface area contributed by atoms with Crippen LogP contribution in [0.15, 0.2) is 54.6 Å². The summed E-state index contributed by atoms with van der Waals surface area (Å²) < 4.78 is 17.9. The number of carbonyl (C=O) groups is 1. The van der Waals surface area contributed by atoms with Gasteiger partial charge in [0.15, 0.2) is 0 Å². The molecule has 0 bridgehead atoms. The predicted octanol–water partition coefficient (Wildman–Crippen LogP) is 3.25. The van der Waals surface area contributed by atoms with E-state index >= 15 is 0 Å². The van der Waals surface area contributed by atoms with Gasteiger partial charge in [0.2, 0.25) is 6.10 Å². The van der Waals surface area contributed by atoms with E-state index in [0.717, 1.165) is 0 Å². The van der Waals surface area contributed by atoms with Gasteiger partial charge in [-0.15, -0.1) is 0 Å². The Hall–Kier alpha value is -2.67. The normalized spacial score (nSPS) is 11.4. The lowest BCUT2D eigenvalue weighted by Crippen LogP contribution is -2.10. The summed E-state index contributed by atoms with van der Waals surface area (Å²) in [5, 5.41) is 9.02. The van der Waals surface area contributed by atoms with Gasteiger partial charge in [-0.2, -0.15) is 5.26 Å².